The molecule has 2 heterocycles. The quantitative estimate of drug-likeness (QED) is 0.906. The Labute approximate surface area is 115 Å². The SMILES string of the molecule is C[C@H]1CCCN([C@@H](CN)c2ccc3c(c2)CCO3)C1. The van der Waals surface area contributed by atoms with E-state index in [1.54, 1.807) is 0 Å². The Bertz CT molecular complexity index is 446. The van der Waals surface area contributed by atoms with Gasteiger partial charge in [0.1, 0.15) is 5.75 Å². The van der Waals surface area contributed by atoms with Crippen LogP contribution in [0, 0.1) is 5.92 Å². The minimum absolute atomic E-state index is 0.369. The van der Waals surface area contributed by atoms with Crippen molar-refractivity contribution in [3.63, 3.8) is 0 Å². The van der Waals surface area contributed by atoms with Crippen molar-refractivity contribution in [3.8, 4) is 5.75 Å². The number of likely N-dealkylation sites (tertiary alicyclic amines) is 1. The molecule has 0 saturated carbocycles. The second-order valence-electron chi connectivity index (χ2n) is 5.96. The first kappa shape index (κ1) is 12.9. The summed E-state index contributed by atoms with van der Waals surface area (Å²) < 4.78 is 5.58. The third-order valence-electron chi connectivity index (χ3n) is 4.45. The first-order valence-corrected chi connectivity index (χ1v) is 7.47. The van der Waals surface area contributed by atoms with Crippen LogP contribution in [0.3, 0.4) is 0 Å². The van der Waals surface area contributed by atoms with Gasteiger partial charge in [0.2, 0.25) is 0 Å². The zero-order chi connectivity index (χ0) is 13.2. The summed E-state index contributed by atoms with van der Waals surface area (Å²) in [5.41, 5.74) is 8.76. The van der Waals surface area contributed by atoms with Crippen molar-refractivity contribution in [2.24, 2.45) is 11.7 Å². The standard InChI is InChI=1S/C16H24N2O/c1-12-3-2-7-18(11-12)15(10-17)13-4-5-16-14(9-13)6-8-19-16/h4-5,9,12,15H,2-3,6-8,10-11,17H2,1H3/t12-,15-/m0/s1. The van der Waals surface area contributed by atoms with E-state index in [1.165, 1.54) is 37.1 Å². The number of fused-ring (bicyclic) bond motifs is 1. The largest absolute Gasteiger partial charge is 0.493 e. The van der Waals surface area contributed by atoms with Gasteiger partial charge in [0.25, 0.3) is 0 Å². The van der Waals surface area contributed by atoms with Crippen LogP contribution >= 0.6 is 0 Å². The lowest BCUT2D eigenvalue weighted by atomic mass is 9.95. The van der Waals surface area contributed by atoms with Crippen molar-refractivity contribution in [3.05, 3.63) is 29.3 Å². The molecule has 3 nitrogen and oxygen atoms in total. The molecule has 2 aliphatic heterocycles. The van der Waals surface area contributed by atoms with Gasteiger partial charge in [-0.3, -0.25) is 4.90 Å². The van der Waals surface area contributed by atoms with E-state index < -0.39 is 0 Å². The van der Waals surface area contributed by atoms with E-state index in [4.69, 9.17) is 10.5 Å². The van der Waals surface area contributed by atoms with Crippen LogP contribution in [0.5, 0.6) is 5.75 Å². The monoisotopic (exact) mass is 260 g/mol. The molecule has 1 saturated heterocycles. The van der Waals surface area contributed by atoms with Crippen molar-refractivity contribution in [2.45, 2.75) is 32.2 Å². The van der Waals surface area contributed by atoms with Gasteiger partial charge in [0.15, 0.2) is 0 Å². The molecule has 0 bridgehead atoms. The van der Waals surface area contributed by atoms with Crippen LogP contribution in [-0.4, -0.2) is 31.1 Å². The average Bonchev–Trinajstić information content (AvgIpc) is 2.87. The molecule has 2 N–H and O–H groups in total. The highest BCUT2D eigenvalue weighted by Gasteiger charge is 2.25. The molecule has 2 atom stereocenters. The average molecular weight is 260 g/mol. The maximum absolute atomic E-state index is 6.05. The van der Waals surface area contributed by atoms with Gasteiger partial charge in [-0.15, -0.1) is 0 Å². The summed E-state index contributed by atoms with van der Waals surface area (Å²) in [7, 11) is 0. The van der Waals surface area contributed by atoms with Gasteiger partial charge < -0.3 is 10.5 Å². The Kier molecular flexibility index (Phi) is 3.76. The van der Waals surface area contributed by atoms with E-state index in [-0.39, 0.29) is 0 Å². The fourth-order valence-electron chi connectivity index (χ4n) is 3.42. The van der Waals surface area contributed by atoms with E-state index >= 15 is 0 Å². The van der Waals surface area contributed by atoms with E-state index in [1.807, 2.05) is 0 Å². The van der Waals surface area contributed by atoms with Crippen LogP contribution in [0.1, 0.15) is 36.9 Å². The molecular weight excluding hydrogens is 236 g/mol. The first-order valence-electron chi connectivity index (χ1n) is 7.47. The van der Waals surface area contributed by atoms with E-state index in [9.17, 15) is 0 Å². The van der Waals surface area contributed by atoms with Crippen LogP contribution in [0.4, 0.5) is 0 Å². The molecule has 0 radical (unpaired) electrons. The van der Waals surface area contributed by atoms with E-state index in [2.05, 4.69) is 30.0 Å². The molecule has 3 rings (SSSR count). The Morgan fingerprint density at radius 3 is 3.16 bits per heavy atom. The molecule has 3 heteroatoms. The highest BCUT2D eigenvalue weighted by atomic mass is 16.5. The third kappa shape index (κ3) is 2.63. The molecule has 1 aromatic carbocycles. The lowest BCUT2D eigenvalue weighted by molar-refractivity contribution is 0.133. The summed E-state index contributed by atoms with van der Waals surface area (Å²) in [5, 5.41) is 0. The van der Waals surface area contributed by atoms with Crippen molar-refractivity contribution in [1.29, 1.82) is 0 Å². The molecule has 0 aromatic heterocycles. The maximum atomic E-state index is 6.05. The van der Waals surface area contributed by atoms with Crippen LogP contribution < -0.4 is 10.5 Å². The molecule has 2 aliphatic rings. The number of nitrogens with zero attached hydrogens (tertiary/aromatic N) is 1. The minimum atomic E-state index is 0.369. The molecule has 104 valence electrons. The van der Waals surface area contributed by atoms with E-state index in [0.29, 0.717) is 12.6 Å². The van der Waals surface area contributed by atoms with Gasteiger partial charge in [0, 0.05) is 25.6 Å². The summed E-state index contributed by atoms with van der Waals surface area (Å²) in [5.74, 6) is 1.85. The van der Waals surface area contributed by atoms with Gasteiger partial charge >= 0.3 is 0 Å². The van der Waals surface area contributed by atoms with Crippen molar-refractivity contribution in [1.82, 2.24) is 4.90 Å². The summed E-state index contributed by atoms with van der Waals surface area (Å²) >= 11 is 0. The normalized spacial score (nSPS) is 24.8. The van der Waals surface area contributed by atoms with Crippen molar-refractivity contribution in [2.75, 3.05) is 26.2 Å². The zero-order valence-electron chi connectivity index (χ0n) is 11.8. The predicted octanol–water partition coefficient (Wildman–Crippen LogP) is 2.35. The lowest BCUT2D eigenvalue weighted by Crippen LogP contribution is -2.40. The Hall–Kier alpha value is -1.06. The van der Waals surface area contributed by atoms with E-state index in [0.717, 1.165) is 24.7 Å². The molecule has 0 aliphatic carbocycles. The number of piperidine rings is 1. The first-order chi connectivity index (χ1) is 9.28. The fourth-order valence-corrected chi connectivity index (χ4v) is 3.42. The van der Waals surface area contributed by atoms with Crippen LogP contribution in [-0.2, 0) is 6.42 Å². The fraction of sp³-hybridized carbons (Fsp3) is 0.625. The van der Waals surface area contributed by atoms with Crippen molar-refractivity contribution >= 4 is 0 Å². The van der Waals surface area contributed by atoms with Gasteiger partial charge in [-0.25, -0.2) is 0 Å². The molecule has 0 unspecified atom stereocenters. The van der Waals surface area contributed by atoms with Crippen LogP contribution in [0.15, 0.2) is 18.2 Å². The molecule has 1 aromatic rings. The Morgan fingerprint density at radius 2 is 2.37 bits per heavy atom. The van der Waals surface area contributed by atoms with Crippen LogP contribution in [0.2, 0.25) is 0 Å². The highest BCUT2D eigenvalue weighted by Crippen LogP contribution is 2.31. The number of rotatable bonds is 3. The molecule has 19 heavy (non-hydrogen) atoms. The lowest BCUT2D eigenvalue weighted by Gasteiger charge is -2.37. The summed E-state index contributed by atoms with van der Waals surface area (Å²) in [6.45, 7) is 6.23. The number of nitrogens with two attached hydrogens (primary N) is 1. The number of hydrogen-bond acceptors (Lipinski definition) is 3. The van der Waals surface area contributed by atoms with Gasteiger partial charge in [-0.1, -0.05) is 19.1 Å². The second kappa shape index (κ2) is 5.51. The number of hydrogen-bond donors (Lipinski definition) is 1. The van der Waals surface area contributed by atoms with Crippen LogP contribution in [0.25, 0.3) is 0 Å². The maximum Gasteiger partial charge on any atom is 0.122 e. The highest BCUT2D eigenvalue weighted by molar-refractivity contribution is 5.41. The molecule has 0 amide bonds. The van der Waals surface area contributed by atoms with Crippen molar-refractivity contribution < 1.29 is 4.74 Å². The number of ether oxygens (including phenoxy) is 1. The second-order valence-corrected chi connectivity index (χ2v) is 5.96. The molecular formula is C16H24N2O. The third-order valence-corrected chi connectivity index (χ3v) is 4.45. The Balaban J connectivity index is 1.81. The summed E-state index contributed by atoms with van der Waals surface area (Å²) in [6, 6.07) is 6.99. The Morgan fingerprint density at radius 1 is 1.47 bits per heavy atom. The minimum Gasteiger partial charge on any atom is -0.493 e. The smallest absolute Gasteiger partial charge is 0.122 e. The number of benzene rings is 1. The predicted molar refractivity (Wildman–Crippen MR) is 77.4 cm³/mol. The molecule has 0 spiro atoms. The summed E-state index contributed by atoms with van der Waals surface area (Å²) in [6.07, 6.45) is 3.69. The molecule has 1 fully saturated rings. The topological polar surface area (TPSA) is 38.5 Å². The van der Waals surface area contributed by atoms with Gasteiger partial charge in [0.05, 0.1) is 6.61 Å². The van der Waals surface area contributed by atoms with Gasteiger partial charge in [-0.05, 0) is 42.5 Å². The summed E-state index contributed by atoms with van der Waals surface area (Å²) in [4.78, 5) is 2.56. The zero-order valence-corrected chi connectivity index (χ0v) is 11.8. The van der Waals surface area contributed by atoms with Gasteiger partial charge in [-0.2, -0.15) is 0 Å².